The first-order valence-electron chi connectivity index (χ1n) is 13.0. The predicted octanol–water partition coefficient (Wildman–Crippen LogP) is 1.85. The van der Waals surface area contributed by atoms with Crippen molar-refractivity contribution in [3.05, 3.63) is 65.2 Å². The summed E-state index contributed by atoms with van der Waals surface area (Å²) >= 11 is 0. The van der Waals surface area contributed by atoms with Gasteiger partial charge < -0.3 is 20.0 Å². The lowest BCUT2D eigenvalue weighted by Gasteiger charge is -2.34. The summed E-state index contributed by atoms with van der Waals surface area (Å²) in [4.78, 5) is 16.3. The molecule has 0 spiro atoms. The Balaban J connectivity index is 1.24. The van der Waals surface area contributed by atoms with E-state index in [0.717, 1.165) is 73.1 Å². The Morgan fingerprint density at radius 1 is 1.08 bits per heavy atom. The second-order valence-corrected chi connectivity index (χ2v) is 10.2. The molecule has 10 nitrogen and oxygen atoms in total. The number of pyridine rings is 2. The molecule has 1 saturated heterocycles. The molecule has 0 saturated carbocycles. The molecular weight excluding hydrogens is 468 g/mol. The van der Waals surface area contributed by atoms with E-state index in [4.69, 9.17) is 4.98 Å². The van der Waals surface area contributed by atoms with Crippen LogP contribution in [0.2, 0.25) is 0 Å². The number of aliphatic hydroxyl groups is 1. The van der Waals surface area contributed by atoms with Gasteiger partial charge in [-0.05, 0) is 57.6 Å². The van der Waals surface area contributed by atoms with E-state index < -0.39 is 0 Å². The van der Waals surface area contributed by atoms with Crippen molar-refractivity contribution in [2.75, 3.05) is 45.2 Å². The monoisotopic (exact) mass is 502 g/mol. The van der Waals surface area contributed by atoms with Gasteiger partial charge in [-0.1, -0.05) is 12.1 Å². The van der Waals surface area contributed by atoms with Crippen LogP contribution in [0.25, 0.3) is 11.5 Å². The van der Waals surface area contributed by atoms with Crippen molar-refractivity contribution in [2.45, 2.75) is 38.5 Å². The molecular formula is C27H34N8O2. The van der Waals surface area contributed by atoms with E-state index in [1.165, 1.54) is 0 Å². The van der Waals surface area contributed by atoms with Gasteiger partial charge in [-0.3, -0.25) is 9.30 Å². The molecule has 1 atom stereocenters. The Morgan fingerprint density at radius 2 is 1.92 bits per heavy atom. The largest absolute Gasteiger partial charge is 0.493 e. The van der Waals surface area contributed by atoms with Crippen LogP contribution in [0.1, 0.15) is 29.1 Å². The topological polar surface area (TPSA) is 98.2 Å². The van der Waals surface area contributed by atoms with Gasteiger partial charge in [0.05, 0.1) is 23.7 Å². The summed E-state index contributed by atoms with van der Waals surface area (Å²) in [7, 11) is 4.25. The Hall–Kier alpha value is -3.47. The number of likely N-dealkylation sites (N-methyl/N-ethyl adjacent to an activating group) is 2. The predicted molar refractivity (Wildman–Crippen MR) is 141 cm³/mol. The minimum Gasteiger partial charge on any atom is -0.493 e. The van der Waals surface area contributed by atoms with E-state index in [0.29, 0.717) is 18.8 Å². The number of aliphatic hydroxyl groups excluding tert-OH is 1. The lowest BCUT2D eigenvalue weighted by Crippen LogP contribution is -2.45. The van der Waals surface area contributed by atoms with Crippen molar-refractivity contribution in [3.8, 4) is 11.7 Å². The van der Waals surface area contributed by atoms with Gasteiger partial charge in [-0.25, -0.2) is 9.97 Å². The van der Waals surface area contributed by atoms with E-state index in [-0.39, 0.29) is 18.5 Å². The molecule has 2 aliphatic rings. The lowest BCUT2D eigenvalue weighted by molar-refractivity contribution is 0.206. The third kappa shape index (κ3) is 4.35. The molecule has 1 aliphatic heterocycles. The Bertz CT molecular complexity index is 1390. The highest BCUT2D eigenvalue weighted by molar-refractivity contribution is 5.55. The number of piperazine rings is 1. The normalized spacial score (nSPS) is 18.6. The average Bonchev–Trinajstić information content (AvgIpc) is 3.46. The van der Waals surface area contributed by atoms with Crippen LogP contribution >= 0.6 is 0 Å². The van der Waals surface area contributed by atoms with E-state index >= 15 is 0 Å². The fraction of sp³-hybridized carbons (Fsp3) is 0.444. The molecule has 37 heavy (non-hydrogen) atoms. The number of aromatic hydroxyl groups is 1. The number of aryl methyl sites for hydroxylation is 1. The summed E-state index contributed by atoms with van der Waals surface area (Å²) in [6.07, 6.45) is 4.15. The molecule has 2 N–H and O–H groups in total. The van der Waals surface area contributed by atoms with Crippen LogP contribution in [0.15, 0.2) is 42.6 Å². The van der Waals surface area contributed by atoms with E-state index in [1.54, 1.807) is 10.9 Å². The molecule has 0 bridgehead atoms. The van der Waals surface area contributed by atoms with Crippen molar-refractivity contribution >= 4 is 11.5 Å². The first kappa shape index (κ1) is 23.9. The van der Waals surface area contributed by atoms with Crippen molar-refractivity contribution in [3.63, 3.8) is 0 Å². The van der Waals surface area contributed by atoms with Gasteiger partial charge in [0.15, 0.2) is 5.82 Å². The van der Waals surface area contributed by atoms with Gasteiger partial charge in [0.25, 0.3) is 0 Å². The third-order valence-corrected chi connectivity index (χ3v) is 7.86. The van der Waals surface area contributed by atoms with Crippen molar-refractivity contribution in [2.24, 2.45) is 0 Å². The summed E-state index contributed by atoms with van der Waals surface area (Å²) in [6, 6.07) is 12.0. The third-order valence-electron chi connectivity index (χ3n) is 7.86. The molecule has 0 aromatic carbocycles. The molecule has 4 aromatic heterocycles. The zero-order valence-electron chi connectivity index (χ0n) is 21.5. The molecule has 1 aliphatic carbocycles. The summed E-state index contributed by atoms with van der Waals surface area (Å²) < 4.78 is 3.66. The van der Waals surface area contributed by atoms with Crippen molar-refractivity contribution in [1.29, 1.82) is 0 Å². The number of rotatable bonds is 6. The fourth-order valence-electron chi connectivity index (χ4n) is 5.67. The van der Waals surface area contributed by atoms with Crippen LogP contribution < -0.4 is 4.90 Å². The Labute approximate surface area is 216 Å². The Morgan fingerprint density at radius 3 is 2.68 bits per heavy atom. The maximum atomic E-state index is 11.0. The maximum absolute atomic E-state index is 11.0. The molecule has 10 heteroatoms. The van der Waals surface area contributed by atoms with Crippen LogP contribution in [0, 0.1) is 0 Å². The Kier molecular flexibility index (Phi) is 6.31. The number of hydrogen-bond acceptors (Lipinski definition) is 8. The van der Waals surface area contributed by atoms with E-state index in [9.17, 15) is 10.2 Å². The highest BCUT2D eigenvalue weighted by Gasteiger charge is 2.30. The van der Waals surface area contributed by atoms with Crippen LogP contribution in [0.4, 0.5) is 5.82 Å². The number of aromatic nitrogens is 5. The standard InChI is InChI=1S/C27H34N8O2/c1-31-12-14-33(15-13-31)26-8-5-7-25-29-22(23(18-36)34(25)26)17-32(2)19-9-10-21-20(16-19)27(37)35(30-21)24-6-3-4-11-28-24/h3-8,11,19,36-37H,9-10,12-18H2,1-2H3. The minimum atomic E-state index is -0.0679. The first-order chi connectivity index (χ1) is 18.0. The number of fused-ring (bicyclic) bond motifs is 2. The highest BCUT2D eigenvalue weighted by Crippen LogP contribution is 2.33. The molecule has 5 heterocycles. The van der Waals surface area contributed by atoms with Crippen molar-refractivity contribution < 1.29 is 10.2 Å². The van der Waals surface area contributed by atoms with Crippen LogP contribution in [0.3, 0.4) is 0 Å². The summed E-state index contributed by atoms with van der Waals surface area (Å²) in [5, 5.41) is 26.0. The molecule has 1 unspecified atom stereocenters. The molecule has 1 fully saturated rings. The number of nitrogens with zero attached hydrogens (tertiary/aromatic N) is 8. The molecule has 4 aromatic rings. The zero-order valence-corrected chi connectivity index (χ0v) is 21.5. The zero-order chi connectivity index (χ0) is 25.5. The summed E-state index contributed by atoms with van der Waals surface area (Å²) in [5.41, 5.74) is 4.44. The number of anilines is 1. The lowest BCUT2D eigenvalue weighted by atomic mass is 9.92. The SMILES string of the molecule is CN1CCN(c2cccc3nc(CN(C)C4CCc5nn(-c6ccccn6)c(O)c5C4)c(CO)n23)CC1. The van der Waals surface area contributed by atoms with Gasteiger partial charge in [-0.2, -0.15) is 9.78 Å². The molecule has 194 valence electrons. The van der Waals surface area contributed by atoms with Gasteiger partial charge in [-0.15, -0.1) is 0 Å². The van der Waals surface area contributed by atoms with Crippen LogP contribution in [-0.4, -0.2) is 90.5 Å². The number of imidazole rings is 1. The first-order valence-corrected chi connectivity index (χ1v) is 13.0. The van der Waals surface area contributed by atoms with Crippen molar-refractivity contribution in [1.82, 2.24) is 33.9 Å². The van der Waals surface area contributed by atoms with Gasteiger partial charge in [0.2, 0.25) is 5.88 Å². The number of hydrogen-bond donors (Lipinski definition) is 2. The summed E-state index contributed by atoms with van der Waals surface area (Å²) in [5.74, 6) is 1.88. The highest BCUT2D eigenvalue weighted by atomic mass is 16.3. The van der Waals surface area contributed by atoms with Gasteiger partial charge in [0.1, 0.15) is 11.5 Å². The van der Waals surface area contributed by atoms with Crippen LogP contribution in [0.5, 0.6) is 5.88 Å². The quantitative estimate of drug-likeness (QED) is 0.412. The second-order valence-electron chi connectivity index (χ2n) is 10.2. The van der Waals surface area contributed by atoms with E-state index in [1.807, 2.05) is 24.3 Å². The van der Waals surface area contributed by atoms with Gasteiger partial charge in [0, 0.05) is 50.5 Å². The smallest absolute Gasteiger partial charge is 0.219 e. The maximum Gasteiger partial charge on any atom is 0.219 e. The van der Waals surface area contributed by atoms with E-state index in [2.05, 4.69) is 55.4 Å². The van der Waals surface area contributed by atoms with Crippen LogP contribution in [-0.2, 0) is 26.0 Å². The average molecular weight is 503 g/mol. The fourth-order valence-corrected chi connectivity index (χ4v) is 5.67. The molecule has 6 rings (SSSR count). The molecule has 0 radical (unpaired) electrons. The van der Waals surface area contributed by atoms with Gasteiger partial charge >= 0.3 is 0 Å². The second kappa shape index (κ2) is 9.77. The molecule has 0 amide bonds. The summed E-state index contributed by atoms with van der Waals surface area (Å²) in [6.45, 7) is 4.49. The minimum absolute atomic E-state index is 0.0679.